The number of alkyl halides is 1. The van der Waals surface area contributed by atoms with Crippen LogP contribution in [0.1, 0.15) is 32.1 Å². The van der Waals surface area contributed by atoms with Gasteiger partial charge >= 0.3 is 0 Å². The van der Waals surface area contributed by atoms with Crippen molar-refractivity contribution >= 4 is 23.4 Å². The minimum Gasteiger partial charge on any atom is -0.295 e. The number of hydrogen-bond donors (Lipinski definition) is 1. The van der Waals surface area contributed by atoms with Crippen LogP contribution in [-0.4, -0.2) is 17.7 Å². The van der Waals surface area contributed by atoms with Crippen molar-refractivity contribution < 1.29 is 9.59 Å². The van der Waals surface area contributed by atoms with Crippen molar-refractivity contribution in [2.24, 2.45) is 11.8 Å². The fourth-order valence-corrected chi connectivity index (χ4v) is 2.08. The highest BCUT2D eigenvalue weighted by atomic mass is 35.5. The first-order valence-corrected chi connectivity index (χ1v) is 6.02. The SMILES string of the molecule is N#CC(CCCl)C(=O)NC(=O)C1CCCC1. The van der Waals surface area contributed by atoms with Crippen molar-refractivity contribution in [3.05, 3.63) is 0 Å². The highest BCUT2D eigenvalue weighted by Crippen LogP contribution is 2.24. The number of nitriles is 1. The zero-order valence-corrected chi connectivity index (χ0v) is 9.79. The summed E-state index contributed by atoms with van der Waals surface area (Å²) in [6, 6.07) is 1.85. The number of carbonyl (C=O) groups excluding carboxylic acids is 2. The van der Waals surface area contributed by atoms with Crippen LogP contribution in [0.4, 0.5) is 0 Å². The quantitative estimate of drug-likeness (QED) is 0.761. The summed E-state index contributed by atoms with van der Waals surface area (Å²) in [5, 5.41) is 11.0. The zero-order chi connectivity index (χ0) is 12.0. The van der Waals surface area contributed by atoms with Crippen LogP contribution in [0.2, 0.25) is 0 Å². The minimum atomic E-state index is -0.817. The number of imide groups is 1. The standard InChI is InChI=1S/C11H15ClN2O2/c12-6-5-9(7-13)11(16)14-10(15)8-3-1-2-4-8/h8-9H,1-6H2,(H,14,15,16). The minimum absolute atomic E-state index is 0.0562. The first-order chi connectivity index (χ1) is 7.69. The van der Waals surface area contributed by atoms with E-state index in [1.165, 1.54) is 0 Å². The second-order valence-electron chi connectivity index (χ2n) is 3.99. The van der Waals surface area contributed by atoms with Crippen LogP contribution in [0.25, 0.3) is 0 Å². The smallest absolute Gasteiger partial charge is 0.243 e. The lowest BCUT2D eigenvalue weighted by atomic mass is 10.1. The van der Waals surface area contributed by atoms with Gasteiger partial charge in [-0.05, 0) is 19.3 Å². The number of amides is 2. The molecule has 0 aromatic rings. The van der Waals surface area contributed by atoms with Crippen LogP contribution in [0, 0.1) is 23.2 Å². The summed E-state index contributed by atoms with van der Waals surface area (Å²) in [6.07, 6.45) is 4.03. The van der Waals surface area contributed by atoms with E-state index in [1.807, 2.05) is 6.07 Å². The molecule has 0 heterocycles. The zero-order valence-electron chi connectivity index (χ0n) is 9.04. The van der Waals surface area contributed by atoms with Gasteiger partial charge in [0.1, 0.15) is 5.92 Å². The van der Waals surface area contributed by atoms with Crippen LogP contribution < -0.4 is 5.32 Å². The molecular weight excluding hydrogens is 228 g/mol. The Kier molecular flexibility index (Phi) is 5.27. The number of nitrogens with zero attached hydrogens (tertiary/aromatic N) is 1. The molecule has 0 saturated heterocycles. The topological polar surface area (TPSA) is 70.0 Å². The van der Waals surface area contributed by atoms with Gasteiger partial charge in [-0.2, -0.15) is 5.26 Å². The number of hydrogen-bond acceptors (Lipinski definition) is 3. The molecule has 0 aromatic heterocycles. The second kappa shape index (κ2) is 6.49. The fourth-order valence-electron chi connectivity index (χ4n) is 1.86. The monoisotopic (exact) mass is 242 g/mol. The Labute approximate surface area is 100.0 Å². The summed E-state index contributed by atoms with van der Waals surface area (Å²) in [7, 11) is 0. The summed E-state index contributed by atoms with van der Waals surface area (Å²) in [6.45, 7) is 0. The van der Waals surface area contributed by atoms with Crippen LogP contribution in [0.3, 0.4) is 0 Å². The molecule has 2 amide bonds. The molecule has 16 heavy (non-hydrogen) atoms. The Morgan fingerprint density at radius 1 is 1.44 bits per heavy atom. The van der Waals surface area contributed by atoms with E-state index in [4.69, 9.17) is 16.9 Å². The van der Waals surface area contributed by atoms with Crippen molar-refractivity contribution in [1.82, 2.24) is 5.32 Å². The third-order valence-electron chi connectivity index (χ3n) is 2.84. The summed E-state index contributed by atoms with van der Waals surface area (Å²) >= 11 is 5.47. The summed E-state index contributed by atoms with van der Waals surface area (Å²) in [4.78, 5) is 23.1. The van der Waals surface area contributed by atoms with E-state index in [9.17, 15) is 9.59 Å². The third-order valence-corrected chi connectivity index (χ3v) is 3.06. The lowest BCUT2D eigenvalue weighted by molar-refractivity contribution is -0.133. The molecule has 1 fully saturated rings. The van der Waals surface area contributed by atoms with E-state index in [0.29, 0.717) is 0 Å². The van der Waals surface area contributed by atoms with Crippen molar-refractivity contribution in [1.29, 1.82) is 5.26 Å². The van der Waals surface area contributed by atoms with Gasteiger partial charge in [-0.25, -0.2) is 0 Å². The van der Waals surface area contributed by atoms with Gasteiger partial charge < -0.3 is 0 Å². The maximum absolute atomic E-state index is 11.6. The molecule has 1 aliphatic carbocycles. The van der Waals surface area contributed by atoms with Crippen molar-refractivity contribution in [3.63, 3.8) is 0 Å². The summed E-state index contributed by atoms with van der Waals surface area (Å²) in [5.41, 5.74) is 0. The molecule has 0 aliphatic heterocycles. The van der Waals surface area contributed by atoms with Gasteiger partial charge in [0.25, 0.3) is 0 Å². The van der Waals surface area contributed by atoms with Gasteiger partial charge in [0, 0.05) is 11.8 Å². The third kappa shape index (κ3) is 3.49. The van der Waals surface area contributed by atoms with E-state index in [-0.39, 0.29) is 24.1 Å². The van der Waals surface area contributed by atoms with Gasteiger partial charge in [0.05, 0.1) is 6.07 Å². The van der Waals surface area contributed by atoms with Gasteiger partial charge in [-0.1, -0.05) is 12.8 Å². The lowest BCUT2D eigenvalue weighted by Crippen LogP contribution is -2.38. The van der Waals surface area contributed by atoms with Gasteiger partial charge in [0.2, 0.25) is 11.8 Å². The molecule has 4 nitrogen and oxygen atoms in total. The molecule has 1 N–H and O–H groups in total. The number of carbonyl (C=O) groups is 2. The lowest BCUT2D eigenvalue weighted by Gasteiger charge is -2.11. The fraction of sp³-hybridized carbons (Fsp3) is 0.727. The molecule has 1 unspecified atom stereocenters. The van der Waals surface area contributed by atoms with Crippen LogP contribution in [-0.2, 0) is 9.59 Å². The van der Waals surface area contributed by atoms with Gasteiger partial charge in [0.15, 0.2) is 0 Å². The Morgan fingerprint density at radius 3 is 2.56 bits per heavy atom. The Morgan fingerprint density at radius 2 is 2.06 bits per heavy atom. The van der Waals surface area contributed by atoms with Crippen LogP contribution in [0.5, 0.6) is 0 Å². The van der Waals surface area contributed by atoms with E-state index in [0.717, 1.165) is 25.7 Å². The molecule has 1 aliphatic rings. The van der Waals surface area contributed by atoms with Gasteiger partial charge in [-0.3, -0.25) is 14.9 Å². The first kappa shape index (κ1) is 13.0. The van der Waals surface area contributed by atoms with Crippen LogP contribution in [0.15, 0.2) is 0 Å². The molecular formula is C11H15ClN2O2. The molecule has 0 radical (unpaired) electrons. The Bertz CT molecular complexity index is 306. The van der Waals surface area contributed by atoms with Gasteiger partial charge in [-0.15, -0.1) is 11.6 Å². The summed E-state index contributed by atoms with van der Waals surface area (Å²) < 4.78 is 0. The number of nitrogens with one attached hydrogen (secondary N) is 1. The first-order valence-electron chi connectivity index (χ1n) is 5.49. The van der Waals surface area contributed by atoms with Crippen molar-refractivity contribution in [2.45, 2.75) is 32.1 Å². The maximum atomic E-state index is 11.6. The molecule has 0 spiro atoms. The number of rotatable bonds is 4. The Balaban J connectivity index is 2.43. The largest absolute Gasteiger partial charge is 0.295 e. The number of halogens is 1. The van der Waals surface area contributed by atoms with E-state index in [1.54, 1.807) is 0 Å². The van der Waals surface area contributed by atoms with E-state index >= 15 is 0 Å². The molecule has 1 rings (SSSR count). The molecule has 0 bridgehead atoms. The van der Waals surface area contributed by atoms with E-state index in [2.05, 4.69) is 5.32 Å². The summed E-state index contributed by atoms with van der Waals surface area (Å²) in [5.74, 6) is -1.39. The van der Waals surface area contributed by atoms with E-state index < -0.39 is 11.8 Å². The average molecular weight is 243 g/mol. The Hall–Kier alpha value is -1.08. The second-order valence-corrected chi connectivity index (χ2v) is 4.37. The highest BCUT2D eigenvalue weighted by molar-refractivity contribution is 6.18. The molecule has 5 heteroatoms. The molecule has 1 atom stereocenters. The predicted octanol–water partition coefficient (Wildman–Crippen LogP) is 1.59. The molecule has 88 valence electrons. The highest BCUT2D eigenvalue weighted by Gasteiger charge is 2.26. The van der Waals surface area contributed by atoms with Crippen molar-refractivity contribution in [2.75, 3.05) is 5.88 Å². The van der Waals surface area contributed by atoms with Crippen LogP contribution >= 0.6 is 11.6 Å². The normalized spacial score (nSPS) is 17.8. The molecule has 0 aromatic carbocycles. The molecule has 1 saturated carbocycles. The maximum Gasteiger partial charge on any atom is 0.243 e. The predicted molar refractivity (Wildman–Crippen MR) is 59.5 cm³/mol. The average Bonchev–Trinajstić information content (AvgIpc) is 2.78. The van der Waals surface area contributed by atoms with Crippen molar-refractivity contribution in [3.8, 4) is 6.07 Å².